The summed E-state index contributed by atoms with van der Waals surface area (Å²) in [5, 5.41) is 0. The van der Waals surface area contributed by atoms with E-state index in [4.69, 9.17) is 4.74 Å². The largest absolute Gasteiger partial charge is 0.381 e. The van der Waals surface area contributed by atoms with Gasteiger partial charge < -0.3 is 4.74 Å². The lowest BCUT2D eigenvalue weighted by atomic mass is 9.95. The van der Waals surface area contributed by atoms with Crippen LogP contribution in [0.3, 0.4) is 0 Å². The van der Waals surface area contributed by atoms with Crippen LogP contribution < -0.4 is 0 Å². The van der Waals surface area contributed by atoms with Crippen molar-refractivity contribution in [2.24, 2.45) is 5.92 Å². The van der Waals surface area contributed by atoms with Crippen molar-refractivity contribution in [1.29, 1.82) is 0 Å². The van der Waals surface area contributed by atoms with Gasteiger partial charge in [0, 0.05) is 19.4 Å². The maximum absolute atomic E-state index is 11.1. The van der Waals surface area contributed by atoms with Gasteiger partial charge in [-0.15, -0.1) is 0 Å². The van der Waals surface area contributed by atoms with E-state index in [1.165, 1.54) is 18.4 Å². The van der Waals surface area contributed by atoms with Gasteiger partial charge in [0.05, 0.1) is 6.10 Å². The van der Waals surface area contributed by atoms with E-state index in [0.29, 0.717) is 17.8 Å². The Balaban J connectivity index is 2.07. The molecule has 0 aliphatic heterocycles. The summed E-state index contributed by atoms with van der Waals surface area (Å²) in [6, 6.07) is 0. The summed E-state index contributed by atoms with van der Waals surface area (Å²) in [4.78, 5) is 11.1. The van der Waals surface area contributed by atoms with E-state index in [9.17, 15) is 4.79 Å². The molecule has 2 atom stereocenters. The highest BCUT2D eigenvalue weighted by atomic mass is 16.5. The molecule has 2 rings (SSSR count). The van der Waals surface area contributed by atoms with Gasteiger partial charge in [0.2, 0.25) is 0 Å². The number of hydrogen-bond donors (Lipinski definition) is 0. The first-order chi connectivity index (χ1) is 6.31. The van der Waals surface area contributed by atoms with Crippen molar-refractivity contribution in [3.63, 3.8) is 0 Å². The molecule has 2 unspecified atom stereocenters. The molecule has 2 aliphatic rings. The molecule has 2 heteroatoms. The Morgan fingerprint density at radius 3 is 2.85 bits per heavy atom. The first-order valence-corrected chi connectivity index (χ1v) is 5.07. The Hall–Kier alpha value is -0.630. The van der Waals surface area contributed by atoms with Crippen molar-refractivity contribution in [1.82, 2.24) is 0 Å². The number of ether oxygens (including phenoxy) is 1. The fourth-order valence-electron chi connectivity index (χ4n) is 2.54. The predicted octanol–water partition coefficient (Wildman–Crippen LogP) is 2.09. The van der Waals surface area contributed by atoms with Gasteiger partial charge in [-0.25, -0.2) is 0 Å². The highest BCUT2D eigenvalue weighted by Gasteiger charge is 2.31. The molecular formula is C11H16O2. The van der Waals surface area contributed by atoms with Crippen LogP contribution in [0.15, 0.2) is 11.6 Å². The lowest BCUT2D eigenvalue weighted by molar-refractivity contribution is -0.114. The molecule has 0 spiro atoms. The summed E-state index contributed by atoms with van der Waals surface area (Å²) >= 11 is 0. The Labute approximate surface area is 79.0 Å². The van der Waals surface area contributed by atoms with Crippen LogP contribution in [-0.2, 0) is 9.53 Å². The van der Waals surface area contributed by atoms with Crippen LogP contribution in [0.25, 0.3) is 0 Å². The lowest BCUT2D eigenvalue weighted by Gasteiger charge is -2.18. The van der Waals surface area contributed by atoms with Gasteiger partial charge >= 0.3 is 0 Å². The molecule has 0 radical (unpaired) electrons. The Morgan fingerprint density at radius 2 is 2.23 bits per heavy atom. The normalized spacial score (nSPS) is 33.9. The van der Waals surface area contributed by atoms with Crippen LogP contribution in [0.5, 0.6) is 0 Å². The van der Waals surface area contributed by atoms with Gasteiger partial charge in [-0.05, 0) is 25.3 Å². The van der Waals surface area contributed by atoms with Crippen molar-refractivity contribution in [3.05, 3.63) is 11.6 Å². The van der Waals surface area contributed by atoms with Crippen molar-refractivity contribution in [2.45, 2.75) is 38.2 Å². The molecule has 0 amide bonds. The van der Waals surface area contributed by atoms with E-state index in [0.717, 1.165) is 19.3 Å². The van der Waals surface area contributed by atoms with Crippen molar-refractivity contribution < 1.29 is 9.53 Å². The first kappa shape index (κ1) is 8.95. The number of allylic oxidation sites excluding steroid dienone is 1. The average Bonchev–Trinajstić information content (AvgIpc) is 2.71. The molecule has 0 aromatic carbocycles. The Morgan fingerprint density at radius 1 is 1.38 bits per heavy atom. The summed E-state index contributed by atoms with van der Waals surface area (Å²) in [6.07, 6.45) is 7.53. The first-order valence-electron chi connectivity index (χ1n) is 5.07. The third-order valence-corrected chi connectivity index (χ3v) is 3.24. The van der Waals surface area contributed by atoms with Crippen LogP contribution in [-0.4, -0.2) is 19.0 Å². The zero-order valence-electron chi connectivity index (χ0n) is 8.08. The third-order valence-electron chi connectivity index (χ3n) is 3.24. The van der Waals surface area contributed by atoms with E-state index < -0.39 is 0 Å². The second kappa shape index (κ2) is 3.62. The minimum Gasteiger partial charge on any atom is -0.381 e. The van der Waals surface area contributed by atoms with Gasteiger partial charge in [-0.2, -0.15) is 0 Å². The van der Waals surface area contributed by atoms with E-state index in [-0.39, 0.29) is 0 Å². The monoisotopic (exact) mass is 180 g/mol. The number of methoxy groups -OCH3 is 1. The number of carbonyl (C=O) groups excluding carboxylic acids is 1. The Bertz CT molecular complexity index is 242. The molecule has 0 aromatic heterocycles. The average molecular weight is 180 g/mol. The summed E-state index contributed by atoms with van der Waals surface area (Å²) in [5.41, 5.74) is 1.34. The number of rotatable bonds is 2. The van der Waals surface area contributed by atoms with Crippen LogP contribution in [0, 0.1) is 5.92 Å². The van der Waals surface area contributed by atoms with E-state index in [2.05, 4.69) is 0 Å². The number of ketones is 1. The maximum Gasteiger partial charge on any atom is 0.155 e. The van der Waals surface area contributed by atoms with Crippen LogP contribution >= 0.6 is 0 Å². The molecule has 0 heterocycles. The maximum atomic E-state index is 11.1. The fourth-order valence-corrected chi connectivity index (χ4v) is 2.54. The SMILES string of the molecule is COC1CCCC1C1=CC(=O)CC1. The molecule has 0 bridgehead atoms. The molecule has 13 heavy (non-hydrogen) atoms. The molecule has 0 N–H and O–H groups in total. The standard InChI is InChI=1S/C11H16O2/c1-13-11-4-2-3-10(11)8-5-6-9(12)7-8/h7,10-11H,2-6H2,1H3. The summed E-state index contributed by atoms with van der Waals surface area (Å²) < 4.78 is 5.42. The van der Waals surface area contributed by atoms with Crippen molar-refractivity contribution in [3.8, 4) is 0 Å². The summed E-state index contributed by atoms with van der Waals surface area (Å²) in [5.74, 6) is 0.841. The molecule has 1 fully saturated rings. The third kappa shape index (κ3) is 1.68. The van der Waals surface area contributed by atoms with Crippen LogP contribution in [0.1, 0.15) is 32.1 Å². The summed E-state index contributed by atoms with van der Waals surface area (Å²) in [6.45, 7) is 0. The molecule has 1 saturated carbocycles. The molecule has 2 aliphatic carbocycles. The van der Waals surface area contributed by atoms with Gasteiger partial charge in [0.25, 0.3) is 0 Å². The van der Waals surface area contributed by atoms with E-state index in [1.54, 1.807) is 7.11 Å². The minimum absolute atomic E-state index is 0.303. The number of hydrogen-bond acceptors (Lipinski definition) is 2. The highest BCUT2D eigenvalue weighted by molar-refractivity contribution is 5.93. The van der Waals surface area contributed by atoms with E-state index in [1.807, 2.05) is 6.08 Å². The molecule has 0 aromatic rings. The van der Waals surface area contributed by atoms with Gasteiger partial charge in [0.15, 0.2) is 5.78 Å². The van der Waals surface area contributed by atoms with Gasteiger partial charge in [-0.1, -0.05) is 12.0 Å². The van der Waals surface area contributed by atoms with E-state index >= 15 is 0 Å². The highest BCUT2D eigenvalue weighted by Crippen LogP contribution is 2.37. The van der Waals surface area contributed by atoms with Gasteiger partial charge in [-0.3, -0.25) is 4.79 Å². The minimum atomic E-state index is 0.303. The quantitative estimate of drug-likeness (QED) is 0.650. The topological polar surface area (TPSA) is 26.3 Å². The zero-order valence-corrected chi connectivity index (χ0v) is 8.08. The second-order valence-electron chi connectivity index (χ2n) is 4.00. The Kier molecular flexibility index (Phi) is 2.49. The summed E-state index contributed by atoms with van der Waals surface area (Å²) in [7, 11) is 1.78. The van der Waals surface area contributed by atoms with Crippen LogP contribution in [0.2, 0.25) is 0 Å². The molecule has 0 saturated heterocycles. The molecule has 72 valence electrons. The smallest absolute Gasteiger partial charge is 0.155 e. The molecular weight excluding hydrogens is 164 g/mol. The van der Waals surface area contributed by atoms with Crippen molar-refractivity contribution >= 4 is 5.78 Å². The zero-order chi connectivity index (χ0) is 9.26. The van der Waals surface area contributed by atoms with Gasteiger partial charge in [0.1, 0.15) is 0 Å². The second-order valence-corrected chi connectivity index (χ2v) is 4.00. The predicted molar refractivity (Wildman–Crippen MR) is 50.5 cm³/mol. The lowest BCUT2D eigenvalue weighted by Crippen LogP contribution is -2.17. The van der Waals surface area contributed by atoms with Crippen molar-refractivity contribution in [2.75, 3.05) is 7.11 Å². The van der Waals surface area contributed by atoms with Crippen LogP contribution in [0.4, 0.5) is 0 Å². The number of carbonyl (C=O) groups is 1. The fraction of sp³-hybridized carbons (Fsp3) is 0.727. The molecule has 2 nitrogen and oxygen atoms in total.